The summed E-state index contributed by atoms with van der Waals surface area (Å²) >= 11 is 0. The maximum atomic E-state index is 2.38. The Morgan fingerprint density at radius 2 is 1.89 bits per heavy atom. The van der Waals surface area contributed by atoms with Gasteiger partial charge < -0.3 is 0 Å². The summed E-state index contributed by atoms with van der Waals surface area (Å²) in [5.41, 5.74) is 0.611. The van der Waals surface area contributed by atoms with Gasteiger partial charge in [-0.15, -0.1) is 0 Å². The molecule has 0 saturated heterocycles. The molecule has 3 atom stereocenters. The molecular formula is C9H14. The van der Waals surface area contributed by atoms with E-state index < -0.39 is 0 Å². The van der Waals surface area contributed by atoms with Gasteiger partial charge in [-0.25, -0.2) is 0 Å². The Bertz CT molecular complexity index is 165. The van der Waals surface area contributed by atoms with Crippen LogP contribution < -0.4 is 0 Å². The molecule has 0 heterocycles. The van der Waals surface area contributed by atoms with Gasteiger partial charge in [0.25, 0.3) is 0 Å². The highest BCUT2D eigenvalue weighted by atomic mass is 14.6. The van der Waals surface area contributed by atoms with Crippen LogP contribution in [0, 0.1) is 23.2 Å². The first-order valence-electron chi connectivity index (χ1n) is 3.82. The van der Waals surface area contributed by atoms with Crippen LogP contribution in [0.4, 0.5) is 0 Å². The summed E-state index contributed by atoms with van der Waals surface area (Å²) in [6.07, 6.45) is 4.73. The topological polar surface area (TPSA) is 0 Å². The Labute approximate surface area is 57.0 Å². The molecular weight excluding hydrogens is 108 g/mol. The van der Waals surface area contributed by atoms with E-state index in [1.807, 2.05) is 0 Å². The van der Waals surface area contributed by atoms with Crippen LogP contribution in [-0.2, 0) is 0 Å². The van der Waals surface area contributed by atoms with Crippen molar-refractivity contribution in [2.45, 2.75) is 20.8 Å². The quantitative estimate of drug-likeness (QED) is 0.433. The highest BCUT2D eigenvalue weighted by molar-refractivity contribution is 5.24. The molecule has 0 aromatic rings. The van der Waals surface area contributed by atoms with E-state index in [1.54, 1.807) is 0 Å². The maximum Gasteiger partial charge on any atom is -0.0114 e. The minimum absolute atomic E-state index is 0.611. The van der Waals surface area contributed by atoms with Crippen LogP contribution in [0.15, 0.2) is 12.2 Å². The Morgan fingerprint density at radius 1 is 1.22 bits per heavy atom. The standard InChI is InChI=1S/C9H14/c1-6-7-4-5-8(7)9(6,2)3/h4-8H,1-3H3. The molecule has 0 spiro atoms. The second kappa shape index (κ2) is 1.25. The van der Waals surface area contributed by atoms with Crippen LogP contribution in [0.2, 0.25) is 0 Å². The predicted molar refractivity (Wildman–Crippen MR) is 39.1 cm³/mol. The highest BCUT2D eigenvalue weighted by Crippen LogP contribution is 2.61. The van der Waals surface area contributed by atoms with Gasteiger partial charge in [0.2, 0.25) is 0 Å². The Morgan fingerprint density at radius 3 is 2.00 bits per heavy atom. The van der Waals surface area contributed by atoms with Crippen LogP contribution in [0.3, 0.4) is 0 Å². The van der Waals surface area contributed by atoms with E-state index in [-0.39, 0.29) is 0 Å². The number of rotatable bonds is 0. The van der Waals surface area contributed by atoms with Crippen molar-refractivity contribution >= 4 is 0 Å². The normalized spacial score (nSPS) is 51.2. The van der Waals surface area contributed by atoms with Gasteiger partial charge in [-0.05, 0) is 23.2 Å². The largest absolute Gasteiger partial charge is 0.0842 e. The molecule has 50 valence electrons. The minimum atomic E-state index is 0.611. The monoisotopic (exact) mass is 122 g/mol. The van der Waals surface area contributed by atoms with Gasteiger partial charge in [-0.3, -0.25) is 0 Å². The SMILES string of the molecule is CC1C2C=CC2C1(C)C. The van der Waals surface area contributed by atoms with Crippen LogP contribution in [0.25, 0.3) is 0 Å². The summed E-state index contributed by atoms with van der Waals surface area (Å²) in [4.78, 5) is 0. The number of fused-ring (bicyclic) bond motifs is 1. The zero-order valence-electron chi connectivity index (χ0n) is 6.39. The summed E-state index contributed by atoms with van der Waals surface area (Å²) in [6.45, 7) is 7.12. The molecule has 0 bridgehead atoms. The van der Waals surface area contributed by atoms with Gasteiger partial charge in [0.15, 0.2) is 0 Å². The van der Waals surface area contributed by atoms with Crippen molar-refractivity contribution < 1.29 is 0 Å². The number of hydrogen-bond donors (Lipinski definition) is 0. The molecule has 0 aromatic heterocycles. The van der Waals surface area contributed by atoms with Crippen molar-refractivity contribution in [2.75, 3.05) is 0 Å². The lowest BCUT2D eigenvalue weighted by Crippen LogP contribution is -2.54. The van der Waals surface area contributed by atoms with Gasteiger partial charge in [-0.1, -0.05) is 32.9 Å². The molecule has 0 nitrogen and oxygen atoms in total. The molecule has 1 fully saturated rings. The van der Waals surface area contributed by atoms with Crippen molar-refractivity contribution in [3.8, 4) is 0 Å². The third-order valence-electron chi connectivity index (χ3n) is 3.57. The van der Waals surface area contributed by atoms with E-state index in [0.29, 0.717) is 5.41 Å². The predicted octanol–water partition coefficient (Wildman–Crippen LogP) is 2.46. The lowest BCUT2D eigenvalue weighted by molar-refractivity contribution is -0.0494. The average Bonchev–Trinajstić information content (AvgIpc) is 1.61. The molecule has 9 heavy (non-hydrogen) atoms. The van der Waals surface area contributed by atoms with Crippen LogP contribution in [-0.4, -0.2) is 0 Å². The van der Waals surface area contributed by atoms with E-state index in [2.05, 4.69) is 32.9 Å². The fourth-order valence-corrected chi connectivity index (χ4v) is 2.25. The zero-order chi connectivity index (χ0) is 6.65. The molecule has 2 aliphatic rings. The van der Waals surface area contributed by atoms with Crippen molar-refractivity contribution in [3.63, 3.8) is 0 Å². The molecule has 1 saturated carbocycles. The molecule has 2 rings (SSSR count). The molecule has 0 aliphatic heterocycles. The average molecular weight is 122 g/mol. The Kier molecular flexibility index (Phi) is 0.769. The number of hydrogen-bond acceptors (Lipinski definition) is 0. The van der Waals surface area contributed by atoms with Crippen molar-refractivity contribution in [3.05, 3.63) is 12.2 Å². The van der Waals surface area contributed by atoms with E-state index in [9.17, 15) is 0 Å². The Balaban J connectivity index is 2.24. The van der Waals surface area contributed by atoms with E-state index in [0.717, 1.165) is 17.8 Å². The molecule has 2 aliphatic carbocycles. The van der Waals surface area contributed by atoms with Crippen LogP contribution in [0.1, 0.15) is 20.8 Å². The van der Waals surface area contributed by atoms with Crippen LogP contribution in [0.5, 0.6) is 0 Å². The molecule has 0 aromatic carbocycles. The third kappa shape index (κ3) is 0.417. The zero-order valence-corrected chi connectivity index (χ0v) is 6.39. The first-order chi connectivity index (χ1) is 4.14. The van der Waals surface area contributed by atoms with Gasteiger partial charge in [-0.2, -0.15) is 0 Å². The first-order valence-corrected chi connectivity index (χ1v) is 3.82. The smallest absolute Gasteiger partial charge is 0.0114 e. The van der Waals surface area contributed by atoms with E-state index in [1.165, 1.54) is 0 Å². The van der Waals surface area contributed by atoms with Gasteiger partial charge in [0.05, 0.1) is 0 Å². The maximum absolute atomic E-state index is 2.38. The highest BCUT2D eigenvalue weighted by Gasteiger charge is 2.54. The molecule has 0 radical (unpaired) electrons. The molecule has 0 N–H and O–H groups in total. The molecule has 0 amide bonds. The van der Waals surface area contributed by atoms with Crippen molar-refractivity contribution in [1.29, 1.82) is 0 Å². The lowest BCUT2D eigenvalue weighted by atomic mass is 9.44. The van der Waals surface area contributed by atoms with Gasteiger partial charge >= 0.3 is 0 Å². The minimum Gasteiger partial charge on any atom is -0.0842 e. The third-order valence-corrected chi connectivity index (χ3v) is 3.57. The summed E-state index contributed by atoms with van der Waals surface area (Å²) in [5, 5.41) is 0. The van der Waals surface area contributed by atoms with Gasteiger partial charge in [0, 0.05) is 0 Å². The summed E-state index contributed by atoms with van der Waals surface area (Å²) in [5.74, 6) is 2.79. The Hall–Kier alpha value is -0.260. The second-order valence-electron chi connectivity index (χ2n) is 4.10. The van der Waals surface area contributed by atoms with Crippen molar-refractivity contribution in [2.24, 2.45) is 23.2 Å². The molecule has 0 heteroatoms. The fraction of sp³-hybridized carbons (Fsp3) is 0.778. The fourth-order valence-electron chi connectivity index (χ4n) is 2.25. The summed E-state index contributed by atoms with van der Waals surface area (Å²) in [6, 6.07) is 0. The number of allylic oxidation sites excluding steroid dienone is 2. The summed E-state index contributed by atoms with van der Waals surface area (Å²) < 4.78 is 0. The second-order valence-corrected chi connectivity index (χ2v) is 4.10. The van der Waals surface area contributed by atoms with Gasteiger partial charge in [0.1, 0.15) is 0 Å². The van der Waals surface area contributed by atoms with E-state index in [4.69, 9.17) is 0 Å². The lowest BCUT2D eigenvalue weighted by Gasteiger charge is -2.60. The van der Waals surface area contributed by atoms with Crippen molar-refractivity contribution in [1.82, 2.24) is 0 Å². The van der Waals surface area contributed by atoms with E-state index >= 15 is 0 Å². The van der Waals surface area contributed by atoms with Crippen LogP contribution >= 0.6 is 0 Å². The molecule has 3 unspecified atom stereocenters. The first kappa shape index (κ1) is 5.52. The summed E-state index contributed by atoms with van der Waals surface area (Å²) in [7, 11) is 0.